The third kappa shape index (κ3) is 4.50. The molecule has 7 heteroatoms. The first-order chi connectivity index (χ1) is 8.76. The average Bonchev–Trinajstić information content (AvgIpc) is 2.36. The van der Waals surface area contributed by atoms with Crippen molar-refractivity contribution < 1.29 is 9.72 Å². The van der Waals surface area contributed by atoms with Crippen LogP contribution >= 0.6 is 27.7 Å². The van der Waals surface area contributed by atoms with Crippen LogP contribution in [0.1, 0.15) is 24.2 Å². The van der Waals surface area contributed by atoms with Gasteiger partial charge in [-0.15, -0.1) is 0 Å². The largest absolute Gasteiger partial charge is 0.351 e. The Balaban J connectivity index is 2.84. The number of nitro groups is 1. The van der Waals surface area contributed by atoms with Gasteiger partial charge in [-0.3, -0.25) is 14.9 Å². The summed E-state index contributed by atoms with van der Waals surface area (Å²) in [5.74, 6) is -0.308. The first-order valence-corrected chi connectivity index (χ1v) is 7.56. The molecule has 104 valence electrons. The van der Waals surface area contributed by atoms with Gasteiger partial charge in [0.1, 0.15) is 0 Å². The van der Waals surface area contributed by atoms with Gasteiger partial charge in [-0.2, -0.15) is 11.8 Å². The van der Waals surface area contributed by atoms with E-state index >= 15 is 0 Å². The van der Waals surface area contributed by atoms with Gasteiger partial charge in [-0.25, -0.2) is 0 Å². The van der Waals surface area contributed by atoms with Gasteiger partial charge >= 0.3 is 0 Å². The second kappa shape index (κ2) is 6.38. The number of carbonyl (C=O) groups is 1. The normalized spacial score (nSPS) is 11.2. The van der Waals surface area contributed by atoms with Crippen molar-refractivity contribution in [1.29, 1.82) is 0 Å². The number of amides is 1. The summed E-state index contributed by atoms with van der Waals surface area (Å²) in [6.45, 7) is 4.53. The second-order valence-corrected chi connectivity index (χ2v) is 6.94. The smallest absolute Gasteiger partial charge is 0.284 e. The molecule has 0 atom stereocenters. The molecule has 0 saturated heterocycles. The predicted octanol–water partition coefficient (Wildman–Crippen LogP) is 3.23. The van der Waals surface area contributed by atoms with Crippen molar-refractivity contribution in [1.82, 2.24) is 5.32 Å². The molecule has 1 N–H and O–H groups in total. The lowest BCUT2D eigenvalue weighted by molar-refractivity contribution is -0.385. The summed E-state index contributed by atoms with van der Waals surface area (Å²) < 4.78 is 0.287. The van der Waals surface area contributed by atoms with Gasteiger partial charge in [0, 0.05) is 22.9 Å². The summed E-state index contributed by atoms with van der Waals surface area (Å²) in [5.41, 5.74) is 0.170. The van der Waals surface area contributed by atoms with Crippen molar-refractivity contribution in [2.24, 2.45) is 0 Å². The predicted molar refractivity (Wildman–Crippen MR) is 80.7 cm³/mol. The molecule has 0 aliphatic carbocycles. The zero-order chi connectivity index (χ0) is 14.6. The Labute approximate surface area is 124 Å². The van der Waals surface area contributed by atoms with E-state index in [-0.39, 0.29) is 21.9 Å². The number of benzene rings is 1. The van der Waals surface area contributed by atoms with E-state index in [0.29, 0.717) is 11.0 Å². The monoisotopic (exact) mass is 346 g/mol. The maximum atomic E-state index is 11.9. The molecule has 1 aromatic carbocycles. The fourth-order valence-corrected chi connectivity index (χ4v) is 1.87. The molecular weight excluding hydrogens is 332 g/mol. The summed E-state index contributed by atoms with van der Waals surface area (Å²) >= 11 is 4.73. The molecule has 1 amide bonds. The Morgan fingerprint density at radius 2 is 2.16 bits per heavy atom. The van der Waals surface area contributed by atoms with E-state index < -0.39 is 4.92 Å². The molecule has 0 heterocycles. The van der Waals surface area contributed by atoms with Crippen molar-refractivity contribution in [3.05, 3.63) is 38.3 Å². The molecule has 0 radical (unpaired) electrons. The van der Waals surface area contributed by atoms with Gasteiger partial charge in [-0.1, -0.05) is 0 Å². The minimum atomic E-state index is -0.521. The molecule has 0 spiro atoms. The van der Waals surface area contributed by atoms with Crippen LogP contribution in [0.15, 0.2) is 22.7 Å². The highest BCUT2D eigenvalue weighted by atomic mass is 79.9. The highest BCUT2D eigenvalue weighted by Gasteiger charge is 2.19. The molecule has 0 aromatic heterocycles. The molecule has 1 aromatic rings. The molecule has 0 unspecified atom stereocenters. The number of nitro benzene ring substituents is 1. The summed E-state index contributed by atoms with van der Waals surface area (Å²) in [4.78, 5) is 22.2. The topological polar surface area (TPSA) is 72.2 Å². The zero-order valence-corrected chi connectivity index (χ0v) is 13.3. The van der Waals surface area contributed by atoms with Crippen LogP contribution in [0, 0.1) is 10.1 Å². The molecule has 19 heavy (non-hydrogen) atoms. The Bertz CT molecular complexity index is 506. The standard InChI is InChI=1S/C12H15BrN2O3S/c1-12(2,19-3)7-14-11(16)8-4-5-9(13)10(6-8)15(17)18/h4-6H,7H2,1-3H3,(H,14,16). The van der Waals surface area contributed by atoms with Crippen LogP contribution in [-0.2, 0) is 0 Å². The van der Waals surface area contributed by atoms with Gasteiger partial charge in [0.15, 0.2) is 0 Å². The van der Waals surface area contributed by atoms with Crippen molar-refractivity contribution in [3.8, 4) is 0 Å². The Hall–Kier alpha value is -1.08. The minimum Gasteiger partial charge on any atom is -0.351 e. The molecule has 0 bridgehead atoms. The van der Waals surface area contributed by atoms with E-state index in [1.54, 1.807) is 17.8 Å². The number of thioether (sulfide) groups is 1. The Kier molecular flexibility index (Phi) is 5.37. The molecular formula is C12H15BrN2O3S. The number of nitrogens with zero attached hydrogens (tertiary/aromatic N) is 1. The van der Waals surface area contributed by atoms with E-state index in [4.69, 9.17) is 0 Å². The van der Waals surface area contributed by atoms with Crippen molar-refractivity contribution in [2.75, 3.05) is 12.8 Å². The van der Waals surface area contributed by atoms with Crippen molar-refractivity contribution in [2.45, 2.75) is 18.6 Å². The summed E-state index contributed by atoms with van der Waals surface area (Å²) in [6, 6.07) is 4.33. The number of carbonyl (C=O) groups excluding carboxylic acids is 1. The fraction of sp³-hybridized carbons (Fsp3) is 0.417. The van der Waals surface area contributed by atoms with Crippen LogP contribution in [0.3, 0.4) is 0 Å². The Morgan fingerprint density at radius 3 is 2.68 bits per heavy atom. The summed E-state index contributed by atoms with van der Waals surface area (Å²) in [6.07, 6.45) is 1.97. The van der Waals surface area contributed by atoms with Gasteiger partial charge in [0.2, 0.25) is 0 Å². The number of hydrogen-bond donors (Lipinski definition) is 1. The fourth-order valence-electron chi connectivity index (χ4n) is 1.26. The molecule has 0 fully saturated rings. The molecule has 5 nitrogen and oxygen atoms in total. The second-order valence-electron chi connectivity index (χ2n) is 4.57. The lowest BCUT2D eigenvalue weighted by Crippen LogP contribution is -2.36. The van der Waals surface area contributed by atoms with Gasteiger partial charge in [0.25, 0.3) is 11.6 Å². The first kappa shape index (κ1) is 16.0. The van der Waals surface area contributed by atoms with Gasteiger partial charge in [-0.05, 0) is 48.2 Å². The molecule has 1 rings (SSSR count). The van der Waals surface area contributed by atoms with Crippen LogP contribution in [0.25, 0.3) is 0 Å². The maximum absolute atomic E-state index is 11.9. The number of halogens is 1. The Morgan fingerprint density at radius 1 is 1.53 bits per heavy atom. The molecule has 0 aliphatic rings. The SMILES string of the molecule is CSC(C)(C)CNC(=O)c1ccc(Br)c([N+](=O)[O-])c1. The van der Waals surface area contributed by atoms with Crippen LogP contribution < -0.4 is 5.32 Å². The van der Waals surface area contributed by atoms with Crippen LogP contribution in [0.4, 0.5) is 5.69 Å². The highest BCUT2D eigenvalue weighted by molar-refractivity contribution is 9.10. The average molecular weight is 347 g/mol. The first-order valence-electron chi connectivity index (χ1n) is 5.54. The zero-order valence-electron chi connectivity index (χ0n) is 10.9. The van der Waals surface area contributed by atoms with Crippen LogP contribution in [-0.4, -0.2) is 28.4 Å². The lowest BCUT2D eigenvalue weighted by atomic mass is 10.1. The maximum Gasteiger partial charge on any atom is 0.284 e. The van der Waals surface area contributed by atoms with Crippen LogP contribution in [0.5, 0.6) is 0 Å². The quantitative estimate of drug-likeness (QED) is 0.656. The number of nitrogens with one attached hydrogen (secondary N) is 1. The van der Waals surface area contributed by atoms with E-state index in [0.717, 1.165) is 0 Å². The van der Waals surface area contributed by atoms with Crippen molar-refractivity contribution >= 4 is 39.3 Å². The number of hydrogen-bond acceptors (Lipinski definition) is 4. The highest BCUT2D eigenvalue weighted by Crippen LogP contribution is 2.26. The van der Waals surface area contributed by atoms with Crippen molar-refractivity contribution in [3.63, 3.8) is 0 Å². The van der Waals surface area contributed by atoms with Crippen LogP contribution in [0.2, 0.25) is 0 Å². The third-order valence-electron chi connectivity index (χ3n) is 2.63. The number of rotatable bonds is 5. The van der Waals surface area contributed by atoms with E-state index in [1.165, 1.54) is 12.1 Å². The molecule has 0 saturated carbocycles. The van der Waals surface area contributed by atoms with Gasteiger partial charge < -0.3 is 5.32 Å². The molecule has 0 aliphatic heterocycles. The minimum absolute atomic E-state index is 0.0725. The van der Waals surface area contributed by atoms with E-state index in [9.17, 15) is 14.9 Å². The third-order valence-corrected chi connectivity index (χ3v) is 4.55. The van der Waals surface area contributed by atoms with Gasteiger partial charge in [0.05, 0.1) is 9.40 Å². The summed E-state index contributed by atoms with van der Waals surface area (Å²) in [7, 11) is 0. The van der Waals surface area contributed by atoms with E-state index in [1.807, 2.05) is 20.1 Å². The summed E-state index contributed by atoms with van der Waals surface area (Å²) in [5, 5.41) is 13.6. The van der Waals surface area contributed by atoms with E-state index in [2.05, 4.69) is 21.2 Å². The lowest BCUT2D eigenvalue weighted by Gasteiger charge is -2.22.